The average Bonchev–Trinajstić information content (AvgIpc) is 2.62. The van der Waals surface area contributed by atoms with Gasteiger partial charge in [0.2, 0.25) is 0 Å². The van der Waals surface area contributed by atoms with Crippen molar-refractivity contribution in [2.45, 2.75) is 0 Å². The van der Waals surface area contributed by atoms with Gasteiger partial charge in [-0.25, -0.2) is 4.39 Å². The van der Waals surface area contributed by atoms with Crippen LogP contribution in [-0.4, -0.2) is 38.8 Å². The molecule has 1 aliphatic heterocycles. The van der Waals surface area contributed by atoms with E-state index in [-0.39, 0.29) is 23.3 Å². The highest BCUT2D eigenvalue weighted by molar-refractivity contribution is 6.32. The van der Waals surface area contributed by atoms with Crippen LogP contribution in [0, 0.1) is 5.82 Å². The molecule has 0 radical (unpaired) electrons. The first-order valence-corrected chi connectivity index (χ1v) is 8.31. The van der Waals surface area contributed by atoms with E-state index in [2.05, 4.69) is 10.2 Å². The van der Waals surface area contributed by atoms with Crippen molar-refractivity contribution in [2.75, 3.05) is 43.1 Å². The molecule has 0 atom stereocenters. The first kappa shape index (κ1) is 17.5. The van der Waals surface area contributed by atoms with Gasteiger partial charge in [-0.15, -0.1) is 0 Å². The summed E-state index contributed by atoms with van der Waals surface area (Å²) in [6.45, 7) is 2.65. The molecular formula is C18H18ClFN2O3. The minimum absolute atomic E-state index is 0.126. The maximum atomic E-state index is 13.0. The zero-order chi connectivity index (χ0) is 17.6. The normalized spacial score (nSPS) is 14.2. The second-order valence-electron chi connectivity index (χ2n) is 5.53. The molecule has 132 valence electrons. The highest BCUT2D eigenvalue weighted by Gasteiger charge is 2.16. The Morgan fingerprint density at radius 3 is 2.76 bits per heavy atom. The number of halogens is 2. The van der Waals surface area contributed by atoms with E-state index in [1.54, 1.807) is 0 Å². The van der Waals surface area contributed by atoms with E-state index in [0.29, 0.717) is 18.9 Å². The quantitative estimate of drug-likeness (QED) is 0.884. The number of anilines is 2. The molecule has 1 heterocycles. The molecule has 1 N–H and O–H groups in total. The molecule has 0 saturated carbocycles. The van der Waals surface area contributed by atoms with Crippen LogP contribution in [0.1, 0.15) is 0 Å². The molecule has 0 aliphatic carbocycles. The molecule has 0 spiro atoms. The van der Waals surface area contributed by atoms with Crippen LogP contribution in [0.2, 0.25) is 5.02 Å². The van der Waals surface area contributed by atoms with E-state index in [1.807, 2.05) is 24.3 Å². The molecule has 1 saturated heterocycles. The third-order valence-corrected chi connectivity index (χ3v) is 4.08. The highest BCUT2D eigenvalue weighted by atomic mass is 35.5. The number of nitrogens with one attached hydrogen (secondary N) is 1. The van der Waals surface area contributed by atoms with E-state index in [9.17, 15) is 9.18 Å². The predicted molar refractivity (Wildman–Crippen MR) is 95.0 cm³/mol. The molecule has 0 bridgehead atoms. The van der Waals surface area contributed by atoms with Crippen LogP contribution in [0.3, 0.4) is 0 Å². The summed E-state index contributed by atoms with van der Waals surface area (Å²) in [6.07, 6.45) is 0. The van der Waals surface area contributed by atoms with Gasteiger partial charge in [-0.3, -0.25) is 4.79 Å². The van der Waals surface area contributed by atoms with Crippen molar-refractivity contribution in [2.24, 2.45) is 0 Å². The van der Waals surface area contributed by atoms with E-state index < -0.39 is 5.82 Å². The zero-order valence-corrected chi connectivity index (χ0v) is 14.3. The largest absolute Gasteiger partial charge is 0.482 e. The predicted octanol–water partition coefficient (Wildman–Crippen LogP) is 3.33. The van der Waals surface area contributed by atoms with Crippen molar-refractivity contribution < 1.29 is 18.7 Å². The van der Waals surface area contributed by atoms with Gasteiger partial charge in [0.05, 0.1) is 29.6 Å². The minimum atomic E-state index is -0.457. The number of hydrogen-bond donors (Lipinski definition) is 1. The van der Waals surface area contributed by atoms with Gasteiger partial charge in [-0.2, -0.15) is 0 Å². The summed E-state index contributed by atoms with van der Waals surface area (Å²) in [5.41, 5.74) is 1.65. The smallest absolute Gasteiger partial charge is 0.262 e. The minimum Gasteiger partial charge on any atom is -0.482 e. The number of amides is 1. The molecule has 2 aromatic carbocycles. The van der Waals surface area contributed by atoms with Gasteiger partial charge in [0.15, 0.2) is 6.61 Å². The second-order valence-corrected chi connectivity index (χ2v) is 5.94. The Bertz CT molecular complexity index is 751. The average molecular weight is 365 g/mol. The molecule has 0 aromatic heterocycles. The number of morpholine rings is 1. The summed E-state index contributed by atoms with van der Waals surface area (Å²) in [4.78, 5) is 14.4. The molecule has 0 unspecified atom stereocenters. The Hall–Kier alpha value is -2.31. The molecule has 7 heteroatoms. The van der Waals surface area contributed by atoms with Gasteiger partial charge in [0.25, 0.3) is 5.91 Å². The van der Waals surface area contributed by atoms with Gasteiger partial charge < -0.3 is 19.7 Å². The number of hydrogen-bond acceptors (Lipinski definition) is 4. The lowest BCUT2D eigenvalue weighted by Gasteiger charge is -2.30. The molecular weight excluding hydrogens is 347 g/mol. The van der Waals surface area contributed by atoms with Crippen LogP contribution < -0.4 is 15.0 Å². The molecule has 1 amide bonds. The zero-order valence-electron chi connectivity index (χ0n) is 13.5. The molecule has 5 nitrogen and oxygen atoms in total. The summed E-state index contributed by atoms with van der Waals surface area (Å²) < 4.78 is 23.8. The maximum Gasteiger partial charge on any atom is 0.262 e. The Labute approximate surface area is 150 Å². The van der Waals surface area contributed by atoms with E-state index in [4.69, 9.17) is 21.1 Å². The number of nitrogens with zero attached hydrogens (tertiary/aromatic N) is 1. The van der Waals surface area contributed by atoms with Crippen molar-refractivity contribution in [3.8, 4) is 5.75 Å². The molecule has 3 rings (SSSR count). The summed E-state index contributed by atoms with van der Waals surface area (Å²) >= 11 is 5.88. The third-order valence-electron chi connectivity index (χ3n) is 3.78. The first-order chi connectivity index (χ1) is 12.1. The lowest BCUT2D eigenvalue weighted by atomic mass is 10.2. The number of para-hydroxylation sites is 2. The van der Waals surface area contributed by atoms with Crippen molar-refractivity contribution in [3.05, 3.63) is 53.3 Å². The summed E-state index contributed by atoms with van der Waals surface area (Å²) in [6, 6.07) is 11.3. The van der Waals surface area contributed by atoms with Crippen molar-refractivity contribution in [1.82, 2.24) is 0 Å². The second kappa shape index (κ2) is 8.18. The number of rotatable bonds is 5. The number of ether oxygens (including phenoxy) is 2. The van der Waals surface area contributed by atoms with Crippen LogP contribution in [0.25, 0.3) is 0 Å². The van der Waals surface area contributed by atoms with E-state index in [1.165, 1.54) is 12.1 Å². The van der Waals surface area contributed by atoms with Crippen molar-refractivity contribution in [3.63, 3.8) is 0 Å². The fourth-order valence-electron chi connectivity index (χ4n) is 2.58. The fraction of sp³-hybridized carbons (Fsp3) is 0.278. The third kappa shape index (κ3) is 4.61. The Balaban J connectivity index is 1.63. The first-order valence-electron chi connectivity index (χ1n) is 7.93. The van der Waals surface area contributed by atoms with E-state index >= 15 is 0 Å². The number of benzene rings is 2. The summed E-state index contributed by atoms with van der Waals surface area (Å²) in [5.74, 6) is -0.512. The van der Waals surface area contributed by atoms with Crippen molar-refractivity contribution >= 4 is 28.9 Å². The topological polar surface area (TPSA) is 50.8 Å². The van der Waals surface area contributed by atoms with Crippen LogP contribution in [0.4, 0.5) is 15.8 Å². The van der Waals surface area contributed by atoms with Crippen LogP contribution in [0.5, 0.6) is 5.75 Å². The monoisotopic (exact) mass is 364 g/mol. The van der Waals surface area contributed by atoms with Crippen LogP contribution in [0.15, 0.2) is 42.5 Å². The Morgan fingerprint density at radius 1 is 1.24 bits per heavy atom. The van der Waals surface area contributed by atoms with Crippen LogP contribution in [-0.2, 0) is 9.53 Å². The van der Waals surface area contributed by atoms with Gasteiger partial charge in [-0.05, 0) is 30.3 Å². The lowest BCUT2D eigenvalue weighted by Crippen LogP contribution is -2.37. The number of carbonyl (C=O) groups excluding carboxylic acids is 1. The molecule has 2 aromatic rings. The Kier molecular flexibility index (Phi) is 5.73. The Morgan fingerprint density at radius 2 is 2.00 bits per heavy atom. The summed E-state index contributed by atoms with van der Waals surface area (Å²) in [5, 5.41) is 2.97. The van der Waals surface area contributed by atoms with Crippen molar-refractivity contribution in [1.29, 1.82) is 0 Å². The van der Waals surface area contributed by atoms with Crippen LogP contribution >= 0.6 is 11.6 Å². The van der Waals surface area contributed by atoms with E-state index in [0.717, 1.165) is 24.8 Å². The van der Waals surface area contributed by atoms with Gasteiger partial charge in [-0.1, -0.05) is 23.7 Å². The fourth-order valence-corrected chi connectivity index (χ4v) is 2.80. The molecule has 25 heavy (non-hydrogen) atoms. The molecule has 1 aliphatic rings. The van der Waals surface area contributed by atoms with Gasteiger partial charge in [0.1, 0.15) is 11.6 Å². The maximum absolute atomic E-state index is 13.0. The summed E-state index contributed by atoms with van der Waals surface area (Å²) in [7, 11) is 0. The SMILES string of the molecule is O=C(COc1ccc(F)cc1Cl)Nc1ccccc1N1CCOCC1. The highest BCUT2D eigenvalue weighted by Crippen LogP contribution is 2.27. The van der Waals surface area contributed by atoms with Gasteiger partial charge in [0, 0.05) is 13.1 Å². The lowest BCUT2D eigenvalue weighted by molar-refractivity contribution is -0.118. The number of carbonyl (C=O) groups is 1. The standard InChI is InChI=1S/C18H18ClFN2O3/c19-14-11-13(20)5-6-17(14)25-12-18(23)21-15-3-1-2-4-16(15)22-7-9-24-10-8-22/h1-6,11H,7-10,12H2,(H,21,23). The molecule has 1 fully saturated rings. The van der Waals surface area contributed by atoms with Gasteiger partial charge >= 0.3 is 0 Å².